The Kier molecular flexibility index (Phi) is 8.46. The summed E-state index contributed by atoms with van der Waals surface area (Å²) in [5, 5.41) is 1.24. The maximum absolute atomic E-state index is 6.59. The van der Waals surface area contributed by atoms with Crippen LogP contribution in [0.2, 0.25) is 0 Å². The molecule has 1 rings (SSSR count). The second-order valence-electron chi connectivity index (χ2n) is 9.12. The van der Waals surface area contributed by atoms with Crippen LogP contribution in [0.1, 0.15) is 84.8 Å². The van der Waals surface area contributed by atoms with Crippen molar-refractivity contribution in [1.82, 2.24) is 0 Å². The quantitative estimate of drug-likeness (QED) is 0.442. The van der Waals surface area contributed by atoms with Gasteiger partial charge in [0.05, 0.1) is 0 Å². The molecule has 0 aliphatic heterocycles. The summed E-state index contributed by atoms with van der Waals surface area (Å²) in [6.45, 7) is 25.1. The number of hydrogen-bond donors (Lipinski definition) is 0. The first-order valence-electron chi connectivity index (χ1n) is 9.55. The van der Waals surface area contributed by atoms with E-state index in [0.717, 1.165) is 5.92 Å². The molecular formula is C22H38BS. The molecule has 0 aliphatic rings. The van der Waals surface area contributed by atoms with E-state index < -0.39 is 0 Å². The number of rotatable bonds is 8. The van der Waals surface area contributed by atoms with Gasteiger partial charge in [-0.3, -0.25) is 0 Å². The van der Waals surface area contributed by atoms with Crippen molar-refractivity contribution < 1.29 is 0 Å². The van der Waals surface area contributed by atoms with Crippen LogP contribution < -0.4 is 0 Å². The summed E-state index contributed by atoms with van der Waals surface area (Å²) in [4.78, 5) is 0. The van der Waals surface area contributed by atoms with Crippen molar-refractivity contribution in [2.45, 2.75) is 91.1 Å². The second kappa shape index (κ2) is 9.37. The van der Waals surface area contributed by atoms with Gasteiger partial charge in [-0.05, 0) is 0 Å². The Balaban J connectivity index is 2.93. The summed E-state index contributed by atoms with van der Waals surface area (Å²) in [6.07, 6.45) is 3.73. The molecule has 1 aromatic carbocycles. The molecule has 0 nitrogen and oxygen atoms in total. The molecule has 0 fully saturated rings. The van der Waals surface area contributed by atoms with E-state index in [1.54, 1.807) is 0 Å². The molecule has 0 N–H and O–H groups in total. The van der Waals surface area contributed by atoms with Gasteiger partial charge in [0.1, 0.15) is 0 Å². The zero-order chi connectivity index (χ0) is 18.5. The van der Waals surface area contributed by atoms with Crippen LogP contribution in [0.15, 0.2) is 24.3 Å². The topological polar surface area (TPSA) is 0 Å². The van der Waals surface area contributed by atoms with Gasteiger partial charge in [0, 0.05) is 0 Å². The van der Waals surface area contributed by atoms with Crippen LogP contribution in [0, 0.1) is 18.3 Å². The van der Waals surface area contributed by atoms with Crippen molar-refractivity contribution in [3.63, 3.8) is 0 Å². The van der Waals surface area contributed by atoms with Gasteiger partial charge in [0.2, 0.25) is 0 Å². The van der Waals surface area contributed by atoms with Gasteiger partial charge in [-0.1, -0.05) is 0 Å². The Morgan fingerprint density at radius 3 is 1.92 bits per heavy atom. The van der Waals surface area contributed by atoms with Crippen molar-refractivity contribution >= 4 is 17.0 Å². The third-order valence-corrected chi connectivity index (χ3v) is 7.25. The molecule has 3 unspecified atom stereocenters. The van der Waals surface area contributed by atoms with Crippen molar-refractivity contribution in [1.29, 1.82) is 0 Å². The molecule has 0 amide bonds. The molecule has 0 saturated heterocycles. The van der Waals surface area contributed by atoms with Gasteiger partial charge in [-0.15, -0.1) is 0 Å². The molecule has 0 spiro atoms. The van der Waals surface area contributed by atoms with Crippen LogP contribution in [0.5, 0.6) is 0 Å². The minimum absolute atomic E-state index is 0.0166. The van der Waals surface area contributed by atoms with Crippen LogP contribution in [0.4, 0.5) is 0 Å². The van der Waals surface area contributed by atoms with Gasteiger partial charge < -0.3 is 0 Å². The van der Waals surface area contributed by atoms with E-state index in [1.165, 1.54) is 30.4 Å². The number of benzene rings is 1. The third kappa shape index (κ3) is 6.86. The summed E-state index contributed by atoms with van der Waals surface area (Å²) in [7, 11) is 0.0166. The Hall–Kier alpha value is -0.365. The molecule has 0 aliphatic carbocycles. The van der Waals surface area contributed by atoms with E-state index in [0.29, 0.717) is 16.4 Å². The van der Waals surface area contributed by atoms with E-state index in [1.807, 2.05) is 0 Å². The van der Waals surface area contributed by atoms with Crippen molar-refractivity contribution in [2.75, 3.05) is 0 Å². The summed E-state index contributed by atoms with van der Waals surface area (Å²) >= 11 is 0. The van der Waals surface area contributed by atoms with Gasteiger partial charge in [0.25, 0.3) is 0 Å². The molecular weight excluding hydrogens is 307 g/mol. The first kappa shape index (κ1) is 21.7. The Morgan fingerprint density at radius 2 is 1.50 bits per heavy atom. The average molecular weight is 345 g/mol. The van der Waals surface area contributed by atoms with Crippen LogP contribution in [-0.4, -0.2) is 17.2 Å². The normalized spacial score (nSPS) is 16.4. The average Bonchev–Trinajstić information content (AvgIpc) is 2.45. The molecule has 135 valence electrons. The standard InChI is InChI=1S/C22H38BS/c1-16(2)15-20(24(23)17(3)4)13-14-21(22(6,7)8)19-11-9-18(5)10-12-19/h9-12,16-17,20-21H,13-15H2,1-8H3. The summed E-state index contributed by atoms with van der Waals surface area (Å²) in [6, 6.07) is 9.16. The molecule has 1 radical (unpaired) electrons. The van der Waals surface area contributed by atoms with E-state index in [-0.39, 0.29) is 15.7 Å². The van der Waals surface area contributed by atoms with Gasteiger partial charge >= 0.3 is 155 Å². The fourth-order valence-electron chi connectivity index (χ4n) is 3.53. The van der Waals surface area contributed by atoms with Crippen LogP contribution in [0.25, 0.3) is 0 Å². The predicted octanol–water partition coefficient (Wildman–Crippen LogP) is 7.08. The fraction of sp³-hybridized carbons (Fsp3) is 0.727. The van der Waals surface area contributed by atoms with Crippen LogP contribution in [-0.2, 0) is 0 Å². The Labute approximate surface area is 155 Å². The number of hydrogen-bond acceptors (Lipinski definition) is 0. The van der Waals surface area contributed by atoms with Crippen molar-refractivity contribution in [3.05, 3.63) is 35.4 Å². The van der Waals surface area contributed by atoms with E-state index in [2.05, 4.69) is 79.7 Å². The zero-order valence-corrected chi connectivity index (χ0v) is 18.0. The molecule has 2 heteroatoms. The summed E-state index contributed by atoms with van der Waals surface area (Å²) in [5.74, 6) is 1.32. The fourth-order valence-corrected chi connectivity index (χ4v) is 5.31. The summed E-state index contributed by atoms with van der Waals surface area (Å²) in [5.41, 5.74) is 3.10. The Bertz CT molecular complexity index is 508. The van der Waals surface area contributed by atoms with Crippen molar-refractivity contribution in [2.24, 2.45) is 11.3 Å². The molecule has 1 aromatic rings. The molecule has 3 atom stereocenters. The zero-order valence-electron chi connectivity index (χ0n) is 17.2. The van der Waals surface area contributed by atoms with Crippen LogP contribution in [0.3, 0.4) is 0 Å². The SMILES string of the molecule is [B]=S(C(C)C)C(CCC(c1ccc(C)cc1)C(C)(C)C)CC(C)C. The van der Waals surface area contributed by atoms with E-state index in [9.17, 15) is 0 Å². The molecule has 0 saturated carbocycles. The molecule has 0 aromatic heterocycles. The van der Waals surface area contributed by atoms with E-state index >= 15 is 0 Å². The first-order chi connectivity index (χ1) is 11.0. The van der Waals surface area contributed by atoms with Crippen LogP contribution >= 0.6 is 10.3 Å². The number of aryl methyl sites for hydroxylation is 1. The summed E-state index contributed by atoms with van der Waals surface area (Å²) < 4.78 is 0. The second-order valence-corrected chi connectivity index (χ2v) is 11.5. The van der Waals surface area contributed by atoms with Gasteiger partial charge in [-0.25, -0.2) is 0 Å². The third-order valence-electron chi connectivity index (χ3n) is 4.97. The first-order valence-corrected chi connectivity index (χ1v) is 11.0. The Morgan fingerprint density at radius 1 is 0.958 bits per heavy atom. The molecule has 0 heterocycles. The monoisotopic (exact) mass is 345 g/mol. The minimum atomic E-state index is 0.0166. The van der Waals surface area contributed by atoms with E-state index in [4.69, 9.17) is 6.72 Å². The van der Waals surface area contributed by atoms with Gasteiger partial charge in [0.15, 0.2) is 0 Å². The van der Waals surface area contributed by atoms with Crippen molar-refractivity contribution in [3.8, 4) is 0 Å². The maximum atomic E-state index is 6.59. The molecule has 0 bridgehead atoms. The van der Waals surface area contributed by atoms with Gasteiger partial charge in [-0.2, -0.15) is 0 Å². The predicted molar refractivity (Wildman–Crippen MR) is 114 cm³/mol. The molecule has 24 heavy (non-hydrogen) atoms.